The van der Waals surface area contributed by atoms with Crippen LogP contribution in [0.15, 0.2) is 30.3 Å². The predicted octanol–water partition coefficient (Wildman–Crippen LogP) is 3.44. The molecule has 162 valence electrons. The van der Waals surface area contributed by atoms with Crippen LogP contribution in [0.1, 0.15) is 16.8 Å². The molecule has 10 heteroatoms. The maximum absolute atomic E-state index is 14.2. The number of aliphatic hydroxyl groups is 2. The summed E-state index contributed by atoms with van der Waals surface area (Å²) in [5.74, 6) is -2.29. The molecule has 0 aliphatic carbocycles. The first-order valence-electron chi connectivity index (χ1n) is 8.95. The van der Waals surface area contributed by atoms with E-state index in [1.807, 2.05) is 0 Å². The number of piperidine rings is 1. The van der Waals surface area contributed by atoms with Gasteiger partial charge in [0.2, 0.25) is 0 Å². The first-order chi connectivity index (χ1) is 14.1. The smallest absolute Gasteiger partial charge is 0.341 e. The van der Waals surface area contributed by atoms with E-state index in [0.717, 1.165) is 12.1 Å². The van der Waals surface area contributed by atoms with Gasteiger partial charge in [0.25, 0.3) is 0 Å². The van der Waals surface area contributed by atoms with Crippen LogP contribution >= 0.6 is 23.2 Å². The minimum Gasteiger partial charge on any atom is -0.490 e. The number of β-amino-alcohol motifs (C(OH)–C–C–N with tert-alkyl or cyclic N) is 1. The fourth-order valence-corrected chi connectivity index (χ4v) is 3.64. The minimum atomic E-state index is -1.71. The molecule has 1 fully saturated rings. The standard InChI is InChI=1S/C20H19Cl2F2NO5/c1-29-19(27)13-6-11(21)2-3-16(13)30-10-20(28)4-5-25(9-17(20)26)18-14(23)7-12(22)8-15(18)24/h2-3,6-8,17,26,28H,4-5,9-10H2,1H3/t17-,20-/m1/s1. The number of anilines is 1. The Morgan fingerprint density at radius 1 is 1.23 bits per heavy atom. The van der Waals surface area contributed by atoms with Gasteiger partial charge in [-0.05, 0) is 36.8 Å². The number of halogens is 4. The van der Waals surface area contributed by atoms with Gasteiger partial charge in [-0.2, -0.15) is 0 Å². The molecule has 30 heavy (non-hydrogen) atoms. The van der Waals surface area contributed by atoms with Gasteiger partial charge in [-0.15, -0.1) is 0 Å². The van der Waals surface area contributed by atoms with Crippen LogP contribution in [0.4, 0.5) is 14.5 Å². The summed E-state index contributed by atoms with van der Waals surface area (Å²) in [5.41, 5.74) is -1.97. The normalized spacial score (nSPS) is 21.4. The lowest BCUT2D eigenvalue weighted by Gasteiger charge is -2.42. The van der Waals surface area contributed by atoms with E-state index in [4.69, 9.17) is 27.9 Å². The van der Waals surface area contributed by atoms with Crippen molar-refractivity contribution in [3.05, 3.63) is 57.6 Å². The predicted molar refractivity (Wildman–Crippen MR) is 107 cm³/mol. The summed E-state index contributed by atoms with van der Waals surface area (Å²) in [6, 6.07) is 6.25. The molecule has 6 nitrogen and oxygen atoms in total. The number of carbonyl (C=O) groups is 1. The van der Waals surface area contributed by atoms with Crippen molar-refractivity contribution in [2.24, 2.45) is 0 Å². The summed E-state index contributed by atoms with van der Waals surface area (Å²) in [4.78, 5) is 13.2. The lowest BCUT2D eigenvalue weighted by Crippen LogP contribution is -2.58. The lowest BCUT2D eigenvalue weighted by atomic mass is 9.89. The highest BCUT2D eigenvalue weighted by Gasteiger charge is 2.42. The highest BCUT2D eigenvalue weighted by atomic mass is 35.5. The molecule has 0 bridgehead atoms. The Morgan fingerprint density at radius 3 is 2.50 bits per heavy atom. The number of esters is 1. The number of methoxy groups -OCH3 is 1. The minimum absolute atomic E-state index is 0.0448. The third-order valence-corrected chi connectivity index (χ3v) is 5.40. The maximum Gasteiger partial charge on any atom is 0.341 e. The largest absolute Gasteiger partial charge is 0.490 e. The summed E-state index contributed by atoms with van der Waals surface area (Å²) >= 11 is 11.5. The number of carbonyl (C=O) groups excluding carboxylic acids is 1. The van der Waals surface area contributed by atoms with Gasteiger partial charge >= 0.3 is 5.97 Å². The molecule has 0 radical (unpaired) electrons. The van der Waals surface area contributed by atoms with E-state index in [1.54, 1.807) is 0 Å². The van der Waals surface area contributed by atoms with Gasteiger partial charge < -0.3 is 24.6 Å². The fraction of sp³-hybridized carbons (Fsp3) is 0.350. The zero-order valence-corrected chi connectivity index (χ0v) is 17.4. The molecule has 0 spiro atoms. The fourth-order valence-electron chi connectivity index (χ4n) is 3.27. The molecule has 1 aliphatic heterocycles. The van der Waals surface area contributed by atoms with Crippen molar-refractivity contribution in [1.82, 2.24) is 0 Å². The third kappa shape index (κ3) is 4.62. The Morgan fingerprint density at radius 2 is 1.90 bits per heavy atom. The molecule has 2 aromatic carbocycles. The molecule has 2 atom stereocenters. The quantitative estimate of drug-likeness (QED) is 0.664. The number of aliphatic hydroxyl groups excluding tert-OH is 1. The molecule has 2 aromatic rings. The first-order valence-corrected chi connectivity index (χ1v) is 9.71. The molecule has 1 aliphatic rings. The van der Waals surface area contributed by atoms with Crippen molar-refractivity contribution in [1.29, 1.82) is 0 Å². The average Bonchev–Trinajstić information content (AvgIpc) is 2.68. The van der Waals surface area contributed by atoms with Crippen LogP contribution in [-0.4, -0.2) is 54.7 Å². The summed E-state index contributed by atoms with van der Waals surface area (Å²) < 4.78 is 38.6. The Labute approximate surface area is 181 Å². The van der Waals surface area contributed by atoms with Crippen molar-refractivity contribution in [2.45, 2.75) is 18.1 Å². The number of benzene rings is 2. The van der Waals surface area contributed by atoms with Crippen molar-refractivity contribution in [3.63, 3.8) is 0 Å². The molecule has 3 rings (SSSR count). The molecule has 0 amide bonds. The van der Waals surface area contributed by atoms with Gasteiger partial charge in [-0.25, -0.2) is 13.6 Å². The van der Waals surface area contributed by atoms with Crippen LogP contribution in [0, 0.1) is 11.6 Å². The number of hydrogen-bond donors (Lipinski definition) is 2. The van der Waals surface area contributed by atoms with Gasteiger partial charge in [0, 0.05) is 23.1 Å². The average molecular weight is 462 g/mol. The van der Waals surface area contributed by atoms with Crippen LogP contribution in [0.5, 0.6) is 5.75 Å². The molecule has 1 heterocycles. The highest BCUT2D eigenvalue weighted by molar-refractivity contribution is 6.31. The van der Waals surface area contributed by atoms with Crippen molar-refractivity contribution >= 4 is 34.9 Å². The topological polar surface area (TPSA) is 79.2 Å². The van der Waals surface area contributed by atoms with E-state index in [1.165, 1.54) is 30.2 Å². The van der Waals surface area contributed by atoms with Crippen LogP contribution in [0.2, 0.25) is 10.0 Å². The maximum atomic E-state index is 14.2. The second-order valence-electron chi connectivity index (χ2n) is 6.95. The number of ether oxygens (including phenoxy) is 2. The second-order valence-corrected chi connectivity index (χ2v) is 7.83. The van der Waals surface area contributed by atoms with Crippen molar-refractivity contribution in [3.8, 4) is 5.75 Å². The molecular weight excluding hydrogens is 443 g/mol. The molecule has 0 aromatic heterocycles. The monoisotopic (exact) mass is 461 g/mol. The van der Waals surface area contributed by atoms with Crippen LogP contribution in [-0.2, 0) is 4.74 Å². The van der Waals surface area contributed by atoms with Gasteiger partial charge in [0.15, 0.2) is 11.6 Å². The Bertz CT molecular complexity index is 938. The van der Waals surface area contributed by atoms with Crippen LogP contribution in [0.3, 0.4) is 0 Å². The molecular formula is C20H19Cl2F2NO5. The van der Waals surface area contributed by atoms with Gasteiger partial charge in [0.05, 0.1) is 7.11 Å². The van der Waals surface area contributed by atoms with E-state index in [2.05, 4.69) is 4.74 Å². The first kappa shape index (κ1) is 22.6. The number of nitrogens with zero attached hydrogens (tertiary/aromatic N) is 1. The SMILES string of the molecule is COC(=O)c1cc(Cl)ccc1OC[C@]1(O)CCN(c2c(F)cc(Cl)cc2F)C[C@H]1O. The van der Waals surface area contributed by atoms with Gasteiger partial charge in [-0.1, -0.05) is 23.2 Å². The summed E-state index contributed by atoms with van der Waals surface area (Å²) in [6.07, 6.45) is -1.42. The Hall–Kier alpha value is -2.13. The number of rotatable bonds is 5. The molecule has 2 N–H and O–H groups in total. The molecule has 0 unspecified atom stereocenters. The van der Waals surface area contributed by atoms with E-state index < -0.39 is 29.3 Å². The van der Waals surface area contributed by atoms with Crippen molar-refractivity contribution < 1.29 is 33.3 Å². The van der Waals surface area contributed by atoms with Crippen molar-refractivity contribution in [2.75, 3.05) is 31.7 Å². The Kier molecular flexibility index (Phi) is 6.71. The van der Waals surface area contributed by atoms with Crippen LogP contribution in [0.25, 0.3) is 0 Å². The van der Waals surface area contributed by atoms with E-state index in [9.17, 15) is 23.8 Å². The molecule has 1 saturated heterocycles. The zero-order chi connectivity index (χ0) is 22.1. The van der Waals surface area contributed by atoms with Gasteiger partial charge in [0.1, 0.15) is 35.3 Å². The third-order valence-electron chi connectivity index (χ3n) is 4.95. The zero-order valence-electron chi connectivity index (χ0n) is 15.9. The second kappa shape index (κ2) is 8.93. The summed E-state index contributed by atoms with van der Waals surface area (Å²) in [6.45, 7) is -0.546. The molecule has 0 saturated carbocycles. The van der Waals surface area contributed by atoms with Gasteiger partial charge in [-0.3, -0.25) is 0 Å². The van der Waals surface area contributed by atoms with Crippen LogP contribution < -0.4 is 9.64 Å². The van der Waals surface area contributed by atoms with E-state index >= 15 is 0 Å². The Balaban J connectivity index is 1.74. The lowest BCUT2D eigenvalue weighted by molar-refractivity contribution is -0.109. The van der Waals surface area contributed by atoms with E-state index in [0.29, 0.717) is 5.02 Å². The highest BCUT2D eigenvalue weighted by Crippen LogP contribution is 2.33. The number of hydrogen-bond acceptors (Lipinski definition) is 6. The van der Waals surface area contributed by atoms with E-state index in [-0.39, 0.29) is 48.1 Å². The summed E-state index contributed by atoms with van der Waals surface area (Å²) in [7, 11) is 1.20. The summed E-state index contributed by atoms with van der Waals surface area (Å²) in [5, 5.41) is 21.5.